The Bertz CT molecular complexity index is 627. The lowest BCUT2D eigenvalue weighted by molar-refractivity contribution is 1.22. The summed E-state index contributed by atoms with van der Waals surface area (Å²) in [5, 5.41) is 0. The van der Waals surface area contributed by atoms with Gasteiger partial charge in [-0.1, -0.05) is 17.6 Å². The van der Waals surface area contributed by atoms with E-state index >= 15 is 0 Å². The lowest BCUT2D eigenvalue weighted by Gasteiger charge is -2.06. The Balaban J connectivity index is 2.12. The molecule has 3 nitrogen and oxygen atoms in total. The Kier molecular flexibility index (Phi) is 3.06. The van der Waals surface area contributed by atoms with Gasteiger partial charge in [0.25, 0.3) is 0 Å². The summed E-state index contributed by atoms with van der Waals surface area (Å²) in [5.41, 5.74) is 4.66. The highest BCUT2D eigenvalue weighted by atomic mass is 14.8. The molecular weight excluding hydrogens is 233 g/mol. The molecule has 19 heavy (non-hydrogen) atoms. The summed E-state index contributed by atoms with van der Waals surface area (Å²) < 4.78 is 0. The van der Waals surface area contributed by atoms with Crippen LogP contribution in [0, 0.1) is 0 Å². The molecule has 0 fully saturated rings. The summed E-state index contributed by atoms with van der Waals surface area (Å²) in [7, 11) is 2.06. The molecule has 0 atom stereocenters. The van der Waals surface area contributed by atoms with Crippen LogP contribution in [0.1, 0.15) is 0 Å². The molecule has 0 aliphatic rings. The van der Waals surface area contributed by atoms with Crippen LogP contribution < -0.4 is 5.46 Å². The first-order chi connectivity index (χ1) is 9.33. The van der Waals surface area contributed by atoms with E-state index in [4.69, 9.17) is 0 Å². The summed E-state index contributed by atoms with van der Waals surface area (Å²) in [6.07, 6.45) is 3.56. The van der Waals surface area contributed by atoms with Gasteiger partial charge in [-0.25, -0.2) is 4.98 Å². The van der Waals surface area contributed by atoms with Gasteiger partial charge in [0.1, 0.15) is 7.85 Å². The van der Waals surface area contributed by atoms with E-state index in [1.807, 2.05) is 48.5 Å². The lowest BCUT2D eigenvalue weighted by Crippen LogP contribution is -2.06. The van der Waals surface area contributed by atoms with Crippen LogP contribution >= 0.6 is 0 Å². The molecule has 0 saturated heterocycles. The summed E-state index contributed by atoms with van der Waals surface area (Å²) in [6, 6.07) is 15.7. The highest BCUT2D eigenvalue weighted by Gasteiger charge is 2.06. The molecule has 0 saturated carbocycles. The zero-order valence-electron chi connectivity index (χ0n) is 10.6. The van der Waals surface area contributed by atoms with Crippen LogP contribution in [0.3, 0.4) is 0 Å². The van der Waals surface area contributed by atoms with Gasteiger partial charge in [0.05, 0.1) is 22.8 Å². The molecule has 0 amide bonds. The Hall–Kier alpha value is -2.49. The van der Waals surface area contributed by atoms with Crippen LogP contribution in [0.4, 0.5) is 0 Å². The van der Waals surface area contributed by atoms with Crippen molar-refractivity contribution in [3.05, 3.63) is 60.9 Å². The zero-order valence-corrected chi connectivity index (χ0v) is 10.6. The van der Waals surface area contributed by atoms with E-state index < -0.39 is 0 Å². The predicted octanol–water partition coefficient (Wildman–Crippen LogP) is 1.46. The van der Waals surface area contributed by atoms with E-state index in [0.29, 0.717) is 0 Å². The minimum atomic E-state index is 0.876. The van der Waals surface area contributed by atoms with Crippen LogP contribution in [0.5, 0.6) is 0 Å². The van der Waals surface area contributed by atoms with Gasteiger partial charge < -0.3 is 0 Å². The normalized spacial score (nSPS) is 10.3. The minimum Gasteiger partial charge on any atom is -0.255 e. The van der Waals surface area contributed by atoms with E-state index in [0.717, 1.165) is 28.2 Å². The second-order valence-corrected chi connectivity index (χ2v) is 4.34. The van der Waals surface area contributed by atoms with Gasteiger partial charge in [-0.05, 0) is 36.4 Å². The molecule has 3 rings (SSSR count). The van der Waals surface area contributed by atoms with Crippen molar-refractivity contribution in [1.82, 2.24) is 15.0 Å². The Morgan fingerprint density at radius 1 is 0.684 bits per heavy atom. The number of hydrogen-bond donors (Lipinski definition) is 0. The third kappa shape index (κ3) is 2.52. The molecule has 0 unspecified atom stereocenters. The summed E-state index contributed by atoms with van der Waals surface area (Å²) >= 11 is 0. The quantitative estimate of drug-likeness (QED) is 0.641. The average molecular weight is 245 g/mol. The smallest absolute Gasteiger partial charge is 0.139 e. The molecule has 3 heterocycles. The summed E-state index contributed by atoms with van der Waals surface area (Å²) in [6.45, 7) is 0. The van der Waals surface area contributed by atoms with Crippen LogP contribution in [0.2, 0.25) is 0 Å². The maximum absolute atomic E-state index is 4.65. The Labute approximate surface area is 112 Å². The van der Waals surface area contributed by atoms with Crippen molar-refractivity contribution in [2.75, 3.05) is 0 Å². The third-order valence-electron chi connectivity index (χ3n) is 2.82. The monoisotopic (exact) mass is 245 g/mol. The van der Waals surface area contributed by atoms with Crippen molar-refractivity contribution >= 4 is 13.3 Å². The van der Waals surface area contributed by atoms with E-state index in [2.05, 4.69) is 22.8 Å². The van der Waals surface area contributed by atoms with E-state index in [1.165, 1.54) is 0 Å². The molecule has 0 spiro atoms. The van der Waals surface area contributed by atoms with Crippen molar-refractivity contribution in [3.8, 4) is 22.8 Å². The fraction of sp³-hybridized carbons (Fsp3) is 0. The van der Waals surface area contributed by atoms with Crippen LogP contribution in [0.25, 0.3) is 22.8 Å². The van der Waals surface area contributed by atoms with Crippen molar-refractivity contribution in [3.63, 3.8) is 0 Å². The van der Waals surface area contributed by atoms with Gasteiger partial charge in [-0.15, -0.1) is 0 Å². The van der Waals surface area contributed by atoms with E-state index in [-0.39, 0.29) is 0 Å². The highest BCUT2D eigenvalue weighted by molar-refractivity contribution is 6.32. The summed E-state index contributed by atoms with van der Waals surface area (Å²) in [5.74, 6) is 0. The first-order valence-corrected chi connectivity index (χ1v) is 6.14. The van der Waals surface area contributed by atoms with Gasteiger partial charge in [0.15, 0.2) is 0 Å². The molecular formula is C15H12BN3. The predicted molar refractivity (Wildman–Crippen MR) is 78.9 cm³/mol. The van der Waals surface area contributed by atoms with Gasteiger partial charge in [0.2, 0.25) is 0 Å². The summed E-state index contributed by atoms with van der Waals surface area (Å²) in [4.78, 5) is 13.3. The van der Waals surface area contributed by atoms with Crippen LogP contribution in [-0.4, -0.2) is 22.8 Å². The minimum absolute atomic E-state index is 0.876. The van der Waals surface area contributed by atoms with Crippen molar-refractivity contribution < 1.29 is 0 Å². The molecule has 4 heteroatoms. The Morgan fingerprint density at radius 2 is 1.21 bits per heavy atom. The molecule has 0 aromatic carbocycles. The molecule has 0 aliphatic carbocycles. The Morgan fingerprint density at radius 3 is 1.63 bits per heavy atom. The fourth-order valence-electron chi connectivity index (χ4n) is 1.96. The van der Waals surface area contributed by atoms with Crippen molar-refractivity contribution in [2.45, 2.75) is 0 Å². The first-order valence-electron chi connectivity index (χ1n) is 6.14. The molecule has 0 radical (unpaired) electrons. The lowest BCUT2D eigenvalue weighted by atomic mass is 9.94. The second kappa shape index (κ2) is 5.02. The molecule has 0 N–H and O–H groups in total. The largest absolute Gasteiger partial charge is 0.255 e. The molecule has 0 aliphatic heterocycles. The number of rotatable bonds is 2. The molecule has 3 aromatic rings. The SMILES string of the molecule is Bc1cc(-c2ccccn2)nc(-c2ccccn2)c1. The highest BCUT2D eigenvalue weighted by Crippen LogP contribution is 2.18. The fourth-order valence-corrected chi connectivity index (χ4v) is 1.96. The standard InChI is InChI=1S/C15H12BN3/c16-11-9-14(12-5-1-3-7-17-12)19-15(10-11)13-6-2-4-8-18-13/h1-10H,16H2. The maximum Gasteiger partial charge on any atom is 0.139 e. The topological polar surface area (TPSA) is 38.7 Å². The molecule has 90 valence electrons. The number of nitrogens with zero attached hydrogens (tertiary/aromatic N) is 3. The average Bonchev–Trinajstić information content (AvgIpc) is 2.48. The van der Waals surface area contributed by atoms with E-state index in [1.54, 1.807) is 12.4 Å². The van der Waals surface area contributed by atoms with Crippen molar-refractivity contribution in [1.29, 1.82) is 0 Å². The zero-order chi connectivity index (χ0) is 13.1. The number of aromatic nitrogens is 3. The number of pyridine rings is 3. The van der Waals surface area contributed by atoms with Gasteiger partial charge in [-0.2, -0.15) is 0 Å². The van der Waals surface area contributed by atoms with Crippen LogP contribution in [-0.2, 0) is 0 Å². The van der Waals surface area contributed by atoms with Crippen LogP contribution in [0.15, 0.2) is 60.9 Å². The van der Waals surface area contributed by atoms with Gasteiger partial charge in [-0.3, -0.25) is 9.97 Å². The van der Waals surface area contributed by atoms with Gasteiger partial charge >= 0.3 is 0 Å². The second-order valence-electron chi connectivity index (χ2n) is 4.34. The third-order valence-corrected chi connectivity index (χ3v) is 2.82. The molecule has 0 bridgehead atoms. The molecule has 3 aromatic heterocycles. The maximum atomic E-state index is 4.65. The van der Waals surface area contributed by atoms with Gasteiger partial charge in [0, 0.05) is 12.4 Å². The van der Waals surface area contributed by atoms with Crippen molar-refractivity contribution in [2.24, 2.45) is 0 Å². The number of hydrogen-bond acceptors (Lipinski definition) is 3. The first kappa shape index (κ1) is 11.6. The van der Waals surface area contributed by atoms with E-state index in [9.17, 15) is 0 Å².